The molecule has 0 fully saturated rings. The minimum atomic E-state index is -4.45. The molecular formula is C12H16F3N5. The number of fused-ring (bicyclic) bond motifs is 1. The van der Waals surface area contributed by atoms with Crippen LogP contribution in [0.25, 0.3) is 0 Å². The molecule has 1 aliphatic heterocycles. The van der Waals surface area contributed by atoms with E-state index in [1.807, 2.05) is 6.92 Å². The van der Waals surface area contributed by atoms with Crippen LogP contribution in [0.5, 0.6) is 0 Å². The molecule has 1 aromatic heterocycles. The van der Waals surface area contributed by atoms with Gasteiger partial charge in [0.1, 0.15) is 5.82 Å². The predicted molar refractivity (Wildman–Crippen MR) is 66.6 cm³/mol. The Bertz CT molecular complexity index is 502. The first-order chi connectivity index (χ1) is 9.43. The molecule has 1 aromatic rings. The average Bonchev–Trinajstić information content (AvgIpc) is 2.81. The fraction of sp³-hybridized carbons (Fsp3) is 0.667. The highest BCUT2D eigenvalue weighted by atomic mass is 19.4. The average molecular weight is 287 g/mol. The Morgan fingerprint density at radius 1 is 1.40 bits per heavy atom. The Kier molecular flexibility index (Phi) is 4.30. The van der Waals surface area contributed by atoms with Crippen LogP contribution in [-0.2, 0) is 19.3 Å². The van der Waals surface area contributed by atoms with E-state index >= 15 is 0 Å². The van der Waals surface area contributed by atoms with Crippen LogP contribution in [0.1, 0.15) is 18.6 Å². The van der Waals surface area contributed by atoms with E-state index in [0.29, 0.717) is 32.0 Å². The van der Waals surface area contributed by atoms with Gasteiger partial charge in [-0.2, -0.15) is 13.2 Å². The highest BCUT2D eigenvalue weighted by molar-refractivity contribution is 5.02. The Hall–Kier alpha value is -1.59. The van der Waals surface area contributed by atoms with Crippen LogP contribution >= 0.6 is 0 Å². The largest absolute Gasteiger partial charge is 0.451 e. The highest BCUT2D eigenvalue weighted by Crippen LogP contribution is 2.29. The Morgan fingerprint density at radius 3 is 2.80 bits per heavy atom. The van der Waals surface area contributed by atoms with E-state index in [1.165, 1.54) is 0 Å². The second-order valence-corrected chi connectivity index (χ2v) is 4.74. The minimum Gasteiger partial charge on any atom is -0.305 e. The summed E-state index contributed by atoms with van der Waals surface area (Å²) >= 11 is 0. The molecule has 1 unspecified atom stereocenters. The first-order valence-electron chi connectivity index (χ1n) is 6.31. The van der Waals surface area contributed by atoms with Gasteiger partial charge >= 0.3 is 6.18 Å². The Labute approximate surface area is 115 Å². The lowest BCUT2D eigenvalue weighted by molar-refractivity contribution is -0.148. The molecule has 110 valence electrons. The number of hydrogen-bond acceptors (Lipinski definition) is 4. The van der Waals surface area contributed by atoms with Crippen LogP contribution in [-0.4, -0.2) is 45.3 Å². The van der Waals surface area contributed by atoms with Crippen LogP contribution in [0.3, 0.4) is 0 Å². The molecule has 0 saturated heterocycles. The van der Waals surface area contributed by atoms with Crippen LogP contribution in [0.2, 0.25) is 0 Å². The van der Waals surface area contributed by atoms with Crippen molar-refractivity contribution in [3.05, 3.63) is 11.6 Å². The molecule has 0 amide bonds. The van der Waals surface area contributed by atoms with Gasteiger partial charge in [-0.3, -0.25) is 4.90 Å². The van der Waals surface area contributed by atoms with Crippen molar-refractivity contribution in [3.63, 3.8) is 0 Å². The van der Waals surface area contributed by atoms with Crippen molar-refractivity contribution in [1.29, 1.82) is 0 Å². The van der Waals surface area contributed by atoms with E-state index in [2.05, 4.69) is 26.3 Å². The molecule has 5 nitrogen and oxygen atoms in total. The molecule has 0 bridgehead atoms. The summed E-state index contributed by atoms with van der Waals surface area (Å²) in [6.07, 6.45) is 0.695. The molecular weight excluding hydrogens is 271 g/mol. The molecule has 1 N–H and O–H groups in total. The van der Waals surface area contributed by atoms with Crippen molar-refractivity contribution in [2.45, 2.75) is 32.2 Å². The van der Waals surface area contributed by atoms with Crippen LogP contribution in [0.4, 0.5) is 13.2 Å². The number of nitrogens with zero attached hydrogens (tertiary/aromatic N) is 4. The minimum absolute atomic E-state index is 0.170. The first kappa shape index (κ1) is 14.8. The van der Waals surface area contributed by atoms with E-state index in [-0.39, 0.29) is 12.6 Å². The topological polar surface area (TPSA) is 46.0 Å². The number of rotatable bonds is 4. The summed E-state index contributed by atoms with van der Waals surface area (Å²) < 4.78 is 39.3. The van der Waals surface area contributed by atoms with Crippen molar-refractivity contribution < 1.29 is 13.2 Å². The lowest BCUT2D eigenvalue weighted by atomic mass is 10.2. The van der Waals surface area contributed by atoms with Gasteiger partial charge in [0.25, 0.3) is 0 Å². The standard InChI is InChI=1S/C12H16F3N5/c1-3-4-16-7-9(2)19-5-6-20-10(8-19)17-18-11(20)12(13,14)15/h1,9,16H,4-8H2,2H3. The lowest BCUT2D eigenvalue weighted by Crippen LogP contribution is -2.45. The number of hydrogen-bond donors (Lipinski definition) is 1. The van der Waals surface area contributed by atoms with Crippen molar-refractivity contribution in [2.24, 2.45) is 0 Å². The van der Waals surface area contributed by atoms with Gasteiger partial charge in [0.05, 0.1) is 13.1 Å². The van der Waals surface area contributed by atoms with Crippen LogP contribution in [0, 0.1) is 12.3 Å². The Morgan fingerprint density at radius 2 is 2.15 bits per heavy atom. The number of nitrogens with one attached hydrogen (secondary N) is 1. The fourth-order valence-corrected chi connectivity index (χ4v) is 2.24. The molecule has 0 saturated carbocycles. The number of terminal acetylenes is 1. The third-order valence-electron chi connectivity index (χ3n) is 3.33. The fourth-order valence-electron chi connectivity index (χ4n) is 2.24. The van der Waals surface area contributed by atoms with Crippen LogP contribution in [0.15, 0.2) is 0 Å². The summed E-state index contributed by atoms with van der Waals surface area (Å²) in [4.78, 5) is 2.06. The zero-order chi connectivity index (χ0) is 14.8. The van der Waals surface area contributed by atoms with Crippen molar-refractivity contribution in [2.75, 3.05) is 19.6 Å². The molecule has 0 aromatic carbocycles. The molecule has 2 heterocycles. The second-order valence-electron chi connectivity index (χ2n) is 4.74. The normalized spacial score (nSPS) is 17.6. The van der Waals surface area contributed by atoms with Crippen molar-refractivity contribution in [3.8, 4) is 12.3 Å². The summed E-state index contributed by atoms with van der Waals surface area (Å²) in [5.74, 6) is 1.92. The molecule has 1 aliphatic rings. The molecule has 0 spiro atoms. The molecule has 2 rings (SSSR count). The van der Waals surface area contributed by atoms with E-state index in [4.69, 9.17) is 6.42 Å². The summed E-state index contributed by atoms with van der Waals surface area (Å²) in [7, 11) is 0. The highest BCUT2D eigenvalue weighted by Gasteiger charge is 2.39. The zero-order valence-electron chi connectivity index (χ0n) is 11.1. The summed E-state index contributed by atoms with van der Waals surface area (Å²) in [6, 6.07) is 0.170. The van der Waals surface area contributed by atoms with Gasteiger partial charge in [0.15, 0.2) is 0 Å². The maximum atomic E-state index is 12.7. The molecule has 0 radical (unpaired) electrons. The predicted octanol–water partition coefficient (Wildman–Crippen LogP) is 0.724. The number of alkyl halides is 3. The van der Waals surface area contributed by atoms with Gasteiger partial charge in [-0.25, -0.2) is 0 Å². The second kappa shape index (κ2) is 5.81. The van der Waals surface area contributed by atoms with E-state index in [1.54, 1.807) is 0 Å². The van der Waals surface area contributed by atoms with Gasteiger partial charge in [-0.15, -0.1) is 16.6 Å². The zero-order valence-corrected chi connectivity index (χ0v) is 11.1. The maximum Gasteiger partial charge on any atom is 0.451 e. The molecule has 20 heavy (non-hydrogen) atoms. The summed E-state index contributed by atoms with van der Waals surface area (Å²) in [5.41, 5.74) is 0. The lowest BCUT2D eigenvalue weighted by Gasteiger charge is -2.32. The maximum absolute atomic E-state index is 12.7. The van der Waals surface area contributed by atoms with Gasteiger partial charge in [0, 0.05) is 25.7 Å². The molecule has 8 heteroatoms. The smallest absolute Gasteiger partial charge is 0.305 e. The summed E-state index contributed by atoms with van der Waals surface area (Å²) in [5, 5.41) is 9.99. The number of halogens is 3. The van der Waals surface area contributed by atoms with E-state index in [0.717, 1.165) is 4.57 Å². The van der Waals surface area contributed by atoms with E-state index in [9.17, 15) is 13.2 Å². The van der Waals surface area contributed by atoms with Crippen LogP contribution < -0.4 is 5.32 Å². The SMILES string of the molecule is C#CCNCC(C)N1CCn2c(nnc2C(F)(F)F)C1. The van der Waals surface area contributed by atoms with Gasteiger partial charge in [-0.05, 0) is 6.92 Å². The monoisotopic (exact) mass is 287 g/mol. The first-order valence-corrected chi connectivity index (χ1v) is 6.31. The third-order valence-corrected chi connectivity index (χ3v) is 3.33. The number of aromatic nitrogens is 3. The van der Waals surface area contributed by atoms with Gasteiger partial charge < -0.3 is 9.88 Å². The van der Waals surface area contributed by atoms with Gasteiger partial charge in [-0.1, -0.05) is 5.92 Å². The molecule has 0 aliphatic carbocycles. The van der Waals surface area contributed by atoms with Gasteiger partial charge in [0.2, 0.25) is 5.82 Å². The molecule has 1 atom stereocenters. The Balaban J connectivity index is 2.02. The quantitative estimate of drug-likeness (QED) is 0.655. The summed E-state index contributed by atoms with van der Waals surface area (Å²) in [6.45, 7) is 4.31. The van der Waals surface area contributed by atoms with E-state index < -0.39 is 12.0 Å². The van der Waals surface area contributed by atoms with Crippen molar-refractivity contribution in [1.82, 2.24) is 25.0 Å². The third kappa shape index (κ3) is 3.11. The van der Waals surface area contributed by atoms with Crippen molar-refractivity contribution >= 4 is 0 Å².